The third kappa shape index (κ3) is 14.0. The fourth-order valence-electron chi connectivity index (χ4n) is 3.10. The zero-order valence-electron chi connectivity index (χ0n) is 16.6. The van der Waals surface area contributed by atoms with Crippen LogP contribution in [0.2, 0.25) is 0 Å². The van der Waals surface area contributed by atoms with Gasteiger partial charge in [0.05, 0.1) is 0 Å². The lowest BCUT2D eigenvalue weighted by Crippen LogP contribution is -2.18. The summed E-state index contributed by atoms with van der Waals surface area (Å²) in [4.78, 5) is 0. The zero-order chi connectivity index (χ0) is 29.2. The zero-order valence-corrected chi connectivity index (χ0v) is 55.4. The van der Waals surface area contributed by atoms with Gasteiger partial charge in [-0.05, 0) is 464 Å². The van der Waals surface area contributed by atoms with E-state index >= 15 is 0 Å². The monoisotopic (exact) mass is 2520 g/mol. The van der Waals surface area contributed by atoms with Gasteiger partial charge in [0.15, 0.2) is 0 Å². The van der Waals surface area contributed by atoms with E-state index in [0.717, 1.165) is 11.4 Å². The van der Waals surface area contributed by atoms with Crippen LogP contribution < -0.4 is 5.32 Å². The van der Waals surface area contributed by atoms with E-state index in [1.807, 2.05) is 0 Å². The quantitative estimate of drug-likeness (QED) is 0.205. The predicted octanol–water partition coefficient (Wildman–Crippen LogP) is 17.9. The van der Waals surface area contributed by atoms with Crippen molar-refractivity contribution in [3.05, 3.63) is 57.6 Å². The molecule has 0 aliphatic heterocycles. The van der Waals surface area contributed by atoms with Gasteiger partial charge in [-0.1, -0.05) is 0 Å². The predicted molar refractivity (Wildman–Crippen MR) is 319 cm³/mol. The maximum atomic E-state index is 3.86. The van der Waals surface area contributed by atoms with Gasteiger partial charge in [-0.3, -0.25) is 0 Å². The first kappa shape index (κ1) is 44.5. The highest BCUT2D eigenvalue weighted by molar-refractivity contribution is 14.3. The summed E-state index contributed by atoms with van der Waals surface area (Å²) in [6.07, 6.45) is 0. The summed E-state index contributed by atoms with van der Waals surface area (Å²) in [7, 11) is 0. The van der Waals surface area contributed by atoms with Crippen LogP contribution in [0.1, 0.15) is 33.4 Å². The fraction of sp³-hybridized carbons (Fsp3) is 0.333. The van der Waals surface area contributed by atoms with Gasteiger partial charge in [0.25, 0.3) is 0 Å². The van der Waals surface area contributed by atoms with Gasteiger partial charge in [0.2, 0.25) is 0 Å². The summed E-state index contributed by atoms with van der Waals surface area (Å²) in [6.45, 7) is 0. The van der Waals surface area contributed by atoms with E-state index in [1.54, 1.807) is 0 Å². The molecule has 2 aromatic rings. The van der Waals surface area contributed by atoms with E-state index < -0.39 is 0 Å². The highest BCUT2D eigenvalue weighted by Gasteiger charge is 2.41. The largest absolute Gasteiger partial charge is 0.355 e. The number of alkyl halides is 18. The van der Waals surface area contributed by atoms with Crippen LogP contribution in [0.3, 0.4) is 0 Å². The van der Waals surface area contributed by atoms with Crippen molar-refractivity contribution in [3.63, 3.8) is 0 Å². The lowest BCUT2D eigenvalue weighted by molar-refractivity contribution is 1.21. The molecule has 0 saturated carbocycles. The Labute approximate surface area is 463 Å². The summed E-state index contributed by atoms with van der Waals surface area (Å²) in [5, 5.41) is 3.86. The first-order valence-electron chi connectivity index (χ1n) is 8.71. The fourth-order valence-corrected chi connectivity index (χ4v) is 11.7. The van der Waals surface area contributed by atoms with Gasteiger partial charge < -0.3 is 5.32 Å². The van der Waals surface area contributed by atoms with Crippen LogP contribution in [0.4, 0.5) is 11.4 Å². The van der Waals surface area contributed by atoms with Crippen molar-refractivity contribution in [2.24, 2.45) is 0 Å². The first-order chi connectivity index (χ1) is 16.1. The number of benzene rings is 2. The van der Waals surface area contributed by atoms with Crippen molar-refractivity contribution in [2.75, 3.05) is 5.32 Å². The molecule has 0 heterocycles. The minimum Gasteiger partial charge on any atom is -0.355 e. The molecular formula is C18H5I18N. The lowest BCUT2D eigenvalue weighted by Gasteiger charge is -2.32. The molecule has 0 aliphatic carbocycles. The maximum absolute atomic E-state index is 3.86. The minimum atomic E-state index is -0.0794. The van der Waals surface area contributed by atoms with Crippen LogP contribution in [0, 0.1) is 0 Å². The van der Waals surface area contributed by atoms with E-state index in [-0.39, 0.29) is -3.39 Å². The van der Waals surface area contributed by atoms with Crippen molar-refractivity contribution >= 4 is 418 Å². The molecule has 0 amide bonds. The molecule has 37 heavy (non-hydrogen) atoms. The second kappa shape index (κ2) is 17.5. The van der Waals surface area contributed by atoms with Gasteiger partial charge in [-0.25, -0.2) is 0 Å². The Bertz CT molecular complexity index is 993. The van der Waals surface area contributed by atoms with Crippen molar-refractivity contribution in [1.29, 1.82) is 0 Å². The number of nitrogens with one attached hydrogen (secondary N) is 1. The van der Waals surface area contributed by atoms with Crippen LogP contribution in [0.5, 0.6) is 0 Å². The summed E-state index contributed by atoms with van der Waals surface area (Å²) < 4.78 is -0.439. The molecule has 208 valence electrons. The van der Waals surface area contributed by atoms with Crippen LogP contribution in [0.25, 0.3) is 0 Å². The molecule has 0 unspecified atom stereocenters. The summed E-state index contributed by atoms with van der Waals surface area (Å²) in [5.41, 5.74) is 10.4. The summed E-state index contributed by atoms with van der Waals surface area (Å²) >= 11 is 46.2. The lowest BCUT2D eigenvalue weighted by atomic mass is 10.0. The van der Waals surface area contributed by atoms with E-state index in [9.17, 15) is 0 Å². The van der Waals surface area contributed by atoms with Gasteiger partial charge in [-0.15, -0.1) is 0 Å². The first-order valence-corrected chi connectivity index (χ1v) is 28.1. The van der Waals surface area contributed by atoms with E-state index in [2.05, 4.69) is 436 Å². The molecule has 0 aliphatic rings. The second-order valence-electron chi connectivity index (χ2n) is 7.00. The maximum Gasteiger partial charge on any atom is 0.149 e. The van der Waals surface area contributed by atoms with Gasteiger partial charge in [0, 0.05) is 11.4 Å². The molecule has 0 atom stereocenters. The van der Waals surface area contributed by atoms with Gasteiger partial charge in [0.1, 0.15) is -3.39 Å². The van der Waals surface area contributed by atoms with Crippen LogP contribution in [-0.2, 0) is -3.39 Å². The standard InChI is InChI=1S/C18H5I18N/c19-13(20,21)7-1-5(2-8(14(22,23)24)11(7)17(31,32)33)37-6-3-9(15(25,26)27)12(18(34,35)36)10(4-6)16(28,29)30/h1-4,37H. The normalized spacial score (nSPS) is 14.2. The Morgan fingerprint density at radius 3 is 0.649 bits per heavy atom. The molecule has 0 bridgehead atoms. The third-order valence-corrected chi connectivity index (χ3v) is 14.6. The molecule has 1 nitrogen and oxygen atoms in total. The number of hydrogen-bond donors (Lipinski definition) is 1. The number of hydrogen-bond acceptors (Lipinski definition) is 1. The highest BCUT2D eigenvalue weighted by atomic mass is 127. The van der Waals surface area contributed by atoms with Gasteiger partial charge in [-0.2, -0.15) is 0 Å². The Balaban J connectivity index is 2.94. The SMILES string of the molecule is IC(I)(I)c1cc(Nc2cc(C(I)(I)I)c(C(I)(I)I)c(C(I)(I)I)c2)cc(C(I)(I)I)c1C(I)(I)I. The second-order valence-corrected chi connectivity index (χ2v) is 73.3. The molecule has 2 rings (SSSR count). The highest BCUT2D eigenvalue weighted by Crippen LogP contribution is 2.63. The van der Waals surface area contributed by atoms with E-state index in [4.69, 9.17) is 0 Å². The number of anilines is 2. The van der Waals surface area contributed by atoms with Crippen molar-refractivity contribution in [2.45, 2.75) is -3.39 Å². The molecular weight excluding hydrogens is 2510 g/mol. The average Bonchev–Trinajstić information content (AvgIpc) is 2.62. The van der Waals surface area contributed by atoms with E-state index in [0.29, 0.717) is 0 Å². The van der Waals surface area contributed by atoms with Crippen LogP contribution in [-0.4, -0.2) is 0 Å². The van der Waals surface area contributed by atoms with Gasteiger partial charge >= 0.3 is 0 Å². The van der Waals surface area contributed by atoms with Crippen molar-refractivity contribution in [3.8, 4) is 0 Å². The third-order valence-electron chi connectivity index (χ3n) is 4.35. The summed E-state index contributed by atoms with van der Waals surface area (Å²) in [6, 6.07) is 9.42. The number of halogens is 18. The molecule has 1 N–H and O–H groups in total. The van der Waals surface area contributed by atoms with Crippen LogP contribution in [0.15, 0.2) is 24.3 Å². The topological polar surface area (TPSA) is 12.0 Å². The Kier molecular flexibility index (Phi) is 21.0. The molecule has 0 radical (unpaired) electrons. The molecule has 2 aromatic carbocycles. The molecule has 0 fully saturated rings. The molecule has 0 aromatic heterocycles. The minimum absolute atomic E-state index is 0.0609. The van der Waals surface area contributed by atoms with Crippen LogP contribution >= 0.6 is 407 Å². The summed E-state index contributed by atoms with van der Waals surface area (Å²) in [5.74, 6) is 0. The average molecular weight is 2520 g/mol. The smallest absolute Gasteiger partial charge is 0.149 e. The molecule has 0 spiro atoms. The Hall–Kier alpha value is 11.4. The Morgan fingerprint density at radius 1 is 0.324 bits per heavy atom. The van der Waals surface area contributed by atoms with Crippen molar-refractivity contribution in [1.82, 2.24) is 0 Å². The molecule has 0 saturated heterocycles. The molecule has 19 heteroatoms. The number of rotatable bonds is 8. The van der Waals surface area contributed by atoms with E-state index in [1.165, 1.54) is 33.4 Å². The Morgan fingerprint density at radius 2 is 0.514 bits per heavy atom. The van der Waals surface area contributed by atoms with Crippen molar-refractivity contribution < 1.29 is 0 Å².